The Morgan fingerprint density at radius 2 is 2.07 bits per heavy atom. The van der Waals surface area contributed by atoms with Gasteiger partial charge >= 0.3 is 6.18 Å². The topological polar surface area (TPSA) is 0 Å². The molecule has 0 saturated carbocycles. The minimum absolute atomic E-state index is 0.0206. The van der Waals surface area contributed by atoms with Gasteiger partial charge in [-0.05, 0) is 18.4 Å². The van der Waals surface area contributed by atoms with E-state index in [0.29, 0.717) is 6.42 Å². The number of hydrogen-bond acceptors (Lipinski definition) is 0. The molecule has 0 N–H and O–H groups in total. The second-order valence-electron chi connectivity index (χ2n) is 3.29. The normalized spacial score (nSPS) is 17.4. The minimum Gasteiger partial charge on any atom is -0.166 e. The maximum Gasteiger partial charge on any atom is 0.413 e. The Balaban J connectivity index is 2.87. The fourth-order valence-corrected chi connectivity index (χ4v) is 1.36. The predicted molar refractivity (Wildman–Crippen MR) is 50.9 cm³/mol. The van der Waals surface area contributed by atoms with E-state index in [2.05, 4.69) is 0 Å². The maximum atomic E-state index is 12.4. The van der Waals surface area contributed by atoms with Crippen LogP contribution in [0.15, 0.2) is 35.5 Å². The van der Waals surface area contributed by atoms with E-state index in [1.807, 2.05) is 6.92 Å². The Bertz CT molecular complexity index is 279. The Labute approximate surface area is 81.8 Å². The van der Waals surface area contributed by atoms with Crippen LogP contribution in [0.2, 0.25) is 0 Å². The highest BCUT2D eigenvalue weighted by Crippen LogP contribution is 2.31. The van der Waals surface area contributed by atoms with E-state index in [0.717, 1.165) is 12.0 Å². The summed E-state index contributed by atoms with van der Waals surface area (Å²) in [6, 6.07) is 0. The molecular weight excluding hydrogens is 189 g/mol. The summed E-state index contributed by atoms with van der Waals surface area (Å²) in [6.45, 7) is 1.95. The fourth-order valence-electron chi connectivity index (χ4n) is 1.36. The first-order valence-corrected chi connectivity index (χ1v) is 4.67. The van der Waals surface area contributed by atoms with Gasteiger partial charge in [-0.25, -0.2) is 0 Å². The van der Waals surface area contributed by atoms with Gasteiger partial charge in [0.25, 0.3) is 0 Å². The van der Waals surface area contributed by atoms with Crippen molar-refractivity contribution in [2.24, 2.45) is 0 Å². The molecule has 0 aliphatic heterocycles. The molecule has 0 aromatic heterocycles. The fraction of sp³-hybridized carbons (Fsp3) is 0.455. The molecule has 0 aromatic rings. The number of alkyl halides is 3. The van der Waals surface area contributed by atoms with Gasteiger partial charge < -0.3 is 0 Å². The molecule has 3 heteroatoms. The molecule has 14 heavy (non-hydrogen) atoms. The molecule has 0 bridgehead atoms. The molecule has 0 spiro atoms. The van der Waals surface area contributed by atoms with Crippen molar-refractivity contribution < 1.29 is 13.2 Å². The van der Waals surface area contributed by atoms with Crippen LogP contribution < -0.4 is 0 Å². The van der Waals surface area contributed by atoms with E-state index in [-0.39, 0.29) is 6.42 Å². The summed E-state index contributed by atoms with van der Waals surface area (Å²) in [5.41, 5.74) is 0.305. The van der Waals surface area contributed by atoms with Crippen molar-refractivity contribution in [1.29, 1.82) is 0 Å². The Morgan fingerprint density at radius 1 is 1.36 bits per heavy atom. The summed E-state index contributed by atoms with van der Waals surface area (Å²) in [4.78, 5) is 0. The van der Waals surface area contributed by atoms with Crippen LogP contribution in [0, 0.1) is 0 Å². The highest BCUT2D eigenvalue weighted by atomic mass is 19.4. The summed E-state index contributed by atoms with van der Waals surface area (Å²) < 4.78 is 37.2. The minimum atomic E-state index is -4.19. The van der Waals surface area contributed by atoms with Crippen LogP contribution >= 0.6 is 0 Å². The van der Waals surface area contributed by atoms with Crippen molar-refractivity contribution in [1.82, 2.24) is 0 Å². The van der Waals surface area contributed by atoms with Gasteiger partial charge in [-0.1, -0.05) is 37.6 Å². The molecule has 0 heterocycles. The lowest BCUT2D eigenvalue weighted by atomic mass is 10.1. The second-order valence-corrected chi connectivity index (χ2v) is 3.29. The lowest BCUT2D eigenvalue weighted by Gasteiger charge is -2.09. The van der Waals surface area contributed by atoms with Gasteiger partial charge in [-0.3, -0.25) is 0 Å². The van der Waals surface area contributed by atoms with Crippen molar-refractivity contribution in [3.8, 4) is 0 Å². The highest BCUT2D eigenvalue weighted by molar-refractivity contribution is 5.33. The molecule has 0 saturated heterocycles. The van der Waals surface area contributed by atoms with Crippen LogP contribution in [0.5, 0.6) is 0 Å². The van der Waals surface area contributed by atoms with Gasteiger partial charge in [0.05, 0.1) is 0 Å². The molecule has 1 aliphatic rings. The van der Waals surface area contributed by atoms with E-state index in [4.69, 9.17) is 0 Å². The molecule has 0 amide bonds. The summed E-state index contributed by atoms with van der Waals surface area (Å²) in [5.74, 6) is 0. The molecule has 0 unspecified atom stereocenters. The number of halogens is 3. The number of allylic oxidation sites excluding steroid dienone is 6. The zero-order valence-electron chi connectivity index (χ0n) is 8.06. The number of rotatable bonds is 2. The highest BCUT2D eigenvalue weighted by Gasteiger charge is 2.32. The SMILES string of the molecule is CCCC1=CC=CCC(C(F)(F)F)=C1. The van der Waals surface area contributed by atoms with E-state index < -0.39 is 11.7 Å². The predicted octanol–water partition coefficient (Wildman–Crippen LogP) is 4.16. The monoisotopic (exact) mass is 202 g/mol. The first-order valence-electron chi connectivity index (χ1n) is 4.67. The van der Waals surface area contributed by atoms with E-state index in [9.17, 15) is 13.2 Å². The van der Waals surface area contributed by atoms with Gasteiger partial charge in [0.1, 0.15) is 0 Å². The summed E-state index contributed by atoms with van der Waals surface area (Å²) in [5, 5.41) is 0. The molecule has 0 nitrogen and oxygen atoms in total. The molecule has 1 rings (SSSR count). The smallest absolute Gasteiger partial charge is 0.166 e. The summed E-state index contributed by atoms with van der Waals surface area (Å²) >= 11 is 0. The van der Waals surface area contributed by atoms with E-state index >= 15 is 0 Å². The Morgan fingerprint density at radius 3 is 2.64 bits per heavy atom. The molecule has 0 aromatic carbocycles. The average molecular weight is 202 g/mol. The summed E-state index contributed by atoms with van der Waals surface area (Å²) in [6.07, 6.45) is 3.61. The molecule has 1 aliphatic carbocycles. The quantitative estimate of drug-likeness (QED) is 0.630. The molecule has 78 valence electrons. The van der Waals surface area contributed by atoms with Crippen molar-refractivity contribution >= 4 is 0 Å². The van der Waals surface area contributed by atoms with Gasteiger partial charge in [0.15, 0.2) is 0 Å². The lowest BCUT2D eigenvalue weighted by molar-refractivity contribution is -0.0929. The van der Waals surface area contributed by atoms with Crippen molar-refractivity contribution in [2.75, 3.05) is 0 Å². The lowest BCUT2D eigenvalue weighted by Crippen LogP contribution is -2.11. The van der Waals surface area contributed by atoms with Gasteiger partial charge in [0, 0.05) is 5.57 Å². The third-order valence-electron chi connectivity index (χ3n) is 2.05. The first-order chi connectivity index (χ1) is 6.54. The van der Waals surface area contributed by atoms with Crippen LogP contribution in [-0.2, 0) is 0 Å². The molecule has 0 atom stereocenters. The largest absolute Gasteiger partial charge is 0.413 e. The van der Waals surface area contributed by atoms with Crippen LogP contribution in [0.3, 0.4) is 0 Å². The van der Waals surface area contributed by atoms with Crippen LogP contribution in [0.4, 0.5) is 13.2 Å². The van der Waals surface area contributed by atoms with Crippen molar-refractivity contribution in [3.05, 3.63) is 35.5 Å². The van der Waals surface area contributed by atoms with Gasteiger partial charge in [-0.2, -0.15) is 13.2 Å². The zero-order chi connectivity index (χ0) is 10.6. The van der Waals surface area contributed by atoms with E-state index in [1.54, 1.807) is 18.2 Å². The van der Waals surface area contributed by atoms with Crippen LogP contribution in [0.1, 0.15) is 26.2 Å². The number of hydrogen-bond donors (Lipinski definition) is 0. The maximum absolute atomic E-state index is 12.4. The standard InChI is InChI=1S/C11H13F3/c1-2-5-9-6-3-4-7-10(8-9)11(12,13)14/h3-4,6,8H,2,5,7H2,1H3. The first kappa shape index (κ1) is 11.1. The Hall–Kier alpha value is -0.990. The van der Waals surface area contributed by atoms with Crippen molar-refractivity contribution in [2.45, 2.75) is 32.4 Å². The molecule has 0 radical (unpaired) electrons. The Kier molecular flexibility index (Phi) is 3.55. The van der Waals surface area contributed by atoms with Gasteiger partial charge in [0.2, 0.25) is 0 Å². The van der Waals surface area contributed by atoms with Gasteiger partial charge in [-0.15, -0.1) is 0 Å². The second kappa shape index (κ2) is 4.49. The van der Waals surface area contributed by atoms with Crippen molar-refractivity contribution in [3.63, 3.8) is 0 Å². The van der Waals surface area contributed by atoms with Crippen LogP contribution in [0.25, 0.3) is 0 Å². The third kappa shape index (κ3) is 3.05. The molecule has 0 fully saturated rings. The molecular formula is C11H13F3. The average Bonchev–Trinajstić information content (AvgIpc) is 2.29. The van der Waals surface area contributed by atoms with Crippen LogP contribution in [-0.4, -0.2) is 6.18 Å². The summed E-state index contributed by atoms with van der Waals surface area (Å²) in [7, 11) is 0. The zero-order valence-corrected chi connectivity index (χ0v) is 8.06. The third-order valence-corrected chi connectivity index (χ3v) is 2.05. The van der Waals surface area contributed by atoms with E-state index in [1.165, 1.54) is 6.08 Å².